The van der Waals surface area contributed by atoms with Crippen molar-refractivity contribution in [3.05, 3.63) is 72.1 Å². The Morgan fingerprint density at radius 3 is 2.70 bits per heavy atom. The Labute approximate surface area is 155 Å². The second-order valence-electron chi connectivity index (χ2n) is 5.74. The number of rotatable bonds is 7. The molecule has 136 valence electrons. The maximum absolute atomic E-state index is 11.1. The third-order valence-corrected chi connectivity index (χ3v) is 3.84. The molecule has 0 saturated heterocycles. The molecule has 7 heteroatoms. The number of aromatic carboxylic acids is 1. The Morgan fingerprint density at radius 1 is 1.22 bits per heavy atom. The maximum atomic E-state index is 11.1. The second kappa shape index (κ2) is 8.01. The highest BCUT2D eigenvalue weighted by molar-refractivity contribution is 5.89. The summed E-state index contributed by atoms with van der Waals surface area (Å²) in [5.74, 6) is -0.401. The topological polar surface area (TPSA) is 111 Å². The zero-order chi connectivity index (χ0) is 19.2. The molecular weight excluding hydrogens is 344 g/mol. The number of hydrogen-bond donors (Lipinski definition) is 4. The molecule has 0 aliphatic rings. The van der Waals surface area contributed by atoms with Crippen LogP contribution in [0.2, 0.25) is 0 Å². The number of carboxylic acid groups (broad SMARTS) is 1. The number of benzene rings is 2. The van der Waals surface area contributed by atoms with Crippen LogP contribution in [0, 0.1) is 12.3 Å². The molecule has 3 rings (SSSR count). The van der Waals surface area contributed by atoms with Crippen molar-refractivity contribution in [1.82, 2.24) is 4.98 Å². The normalized spacial score (nSPS) is 10.7. The molecule has 0 bridgehead atoms. The number of aryl methyl sites for hydroxylation is 1. The van der Waals surface area contributed by atoms with Crippen LogP contribution in [0.3, 0.4) is 0 Å². The number of nitrogens with zero attached hydrogens (tertiary/aromatic N) is 1. The van der Waals surface area contributed by atoms with Gasteiger partial charge in [0.25, 0.3) is 6.01 Å². The molecule has 0 spiro atoms. The fourth-order valence-electron chi connectivity index (χ4n) is 2.39. The van der Waals surface area contributed by atoms with Gasteiger partial charge in [0.05, 0.1) is 11.8 Å². The van der Waals surface area contributed by atoms with E-state index < -0.39 is 5.97 Å². The van der Waals surface area contributed by atoms with Crippen molar-refractivity contribution in [2.45, 2.75) is 6.92 Å². The molecule has 0 aliphatic carbocycles. The predicted molar refractivity (Wildman–Crippen MR) is 105 cm³/mol. The van der Waals surface area contributed by atoms with E-state index in [9.17, 15) is 4.79 Å². The minimum Gasteiger partial charge on any atom is -0.478 e. The lowest BCUT2D eigenvalue weighted by atomic mass is 10.1. The Balaban J connectivity index is 1.75. The van der Waals surface area contributed by atoms with E-state index >= 15 is 0 Å². The molecule has 0 radical (unpaired) electrons. The summed E-state index contributed by atoms with van der Waals surface area (Å²) in [6, 6.07) is 12.7. The Hall–Kier alpha value is -3.87. The van der Waals surface area contributed by atoms with Crippen LogP contribution < -0.4 is 10.6 Å². The van der Waals surface area contributed by atoms with Gasteiger partial charge in [-0.25, -0.2) is 9.78 Å². The molecule has 0 amide bonds. The number of nitrogens with one attached hydrogen (secondary N) is 3. The predicted octanol–water partition coefficient (Wildman–Crippen LogP) is 4.67. The van der Waals surface area contributed by atoms with Crippen LogP contribution in [0.25, 0.3) is 11.3 Å². The Bertz CT molecular complexity index is 991. The molecule has 0 saturated carbocycles. The number of carboxylic acids is 1. The lowest BCUT2D eigenvalue weighted by Crippen LogP contribution is -1.99. The van der Waals surface area contributed by atoms with Crippen LogP contribution >= 0.6 is 0 Å². The molecule has 1 aromatic heterocycles. The summed E-state index contributed by atoms with van der Waals surface area (Å²) in [4.78, 5) is 15.3. The van der Waals surface area contributed by atoms with Gasteiger partial charge in [0.15, 0.2) is 5.76 Å². The number of anilines is 3. The Kier molecular flexibility index (Phi) is 5.32. The highest BCUT2D eigenvalue weighted by Gasteiger charge is 2.10. The summed E-state index contributed by atoms with van der Waals surface area (Å²) in [5, 5.41) is 22.1. The summed E-state index contributed by atoms with van der Waals surface area (Å²) in [7, 11) is 0. The first-order valence-electron chi connectivity index (χ1n) is 8.16. The molecule has 2 aromatic carbocycles. The first-order chi connectivity index (χ1) is 13.1. The van der Waals surface area contributed by atoms with Gasteiger partial charge in [0, 0.05) is 29.4 Å². The third kappa shape index (κ3) is 4.40. The van der Waals surface area contributed by atoms with Crippen LogP contribution in [0.4, 0.5) is 17.4 Å². The fourth-order valence-corrected chi connectivity index (χ4v) is 2.39. The number of oxazole rings is 1. The summed E-state index contributed by atoms with van der Waals surface area (Å²) in [6.45, 7) is 1.87. The van der Waals surface area contributed by atoms with E-state index in [-0.39, 0.29) is 11.6 Å². The van der Waals surface area contributed by atoms with Crippen molar-refractivity contribution in [3.63, 3.8) is 0 Å². The van der Waals surface area contributed by atoms with Gasteiger partial charge in [0.2, 0.25) is 0 Å². The van der Waals surface area contributed by atoms with Crippen molar-refractivity contribution in [3.8, 4) is 11.3 Å². The second-order valence-corrected chi connectivity index (χ2v) is 5.74. The van der Waals surface area contributed by atoms with Crippen LogP contribution in [-0.2, 0) is 0 Å². The van der Waals surface area contributed by atoms with Crippen molar-refractivity contribution in [2.24, 2.45) is 0 Å². The highest BCUT2D eigenvalue weighted by atomic mass is 16.4. The number of hydrogen-bond acceptors (Lipinski definition) is 6. The zero-order valence-corrected chi connectivity index (χ0v) is 14.6. The third-order valence-electron chi connectivity index (χ3n) is 3.84. The van der Waals surface area contributed by atoms with Crippen LogP contribution in [0.1, 0.15) is 15.9 Å². The SMILES string of the molecule is Cc1ccc(C(=O)O)cc1Nc1ncc(-c2ccc(N/C=C\C=N)cc2)o1. The van der Waals surface area contributed by atoms with E-state index in [4.69, 9.17) is 14.9 Å². The van der Waals surface area contributed by atoms with E-state index in [1.165, 1.54) is 6.21 Å². The minimum atomic E-state index is -0.990. The van der Waals surface area contributed by atoms with Gasteiger partial charge in [-0.05, 0) is 55.0 Å². The first-order valence-corrected chi connectivity index (χ1v) is 8.16. The van der Waals surface area contributed by atoms with E-state index in [1.54, 1.807) is 36.7 Å². The van der Waals surface area contributed by atoms with E-state index in [0.717, 1.165) is 16.8 Å². The number of carbonyl (C=O) groups is 1. The molecule has 1 heterocycles. The first kappa shape index (κ1) is 17.9. The highest BCUT2D eigenvalue weighted by Crippen LogP contribution is 2.27. The zero-order valence-electron chi connectivity index (χ0n) is 14.6. The van der Waals surface area contributed by atoms with Crippen molar-refractivity contribution in [2.75, 3.05) is 10.6 Å². The molecule has 27 heavy (non-hydrogen) atoms. The van der Waals surface area contributed by atoms with E-state index in [2.05, 4.69) is 15.6 Å². The van der Waals surface area contributed by atoms with Gasteiger partial charge in [-0.2, -0.15) is 0 Å². The van der Waals surface area contributed by atoms with Gasteiger partial charge in [0.1, 0.15) is 0 Å². The van der Waals surface area contributed by atoms with Gasteiger partial charge in [-0.3, -0.25) is 0 Å². The van der Waals surface area contributed by atoms with Crippen molar-refractivity contribution >= 4 is 29.6 Å². The number of aromatic nitrogens is 1. The quantitative estimate of drug-likeness (QED) is 0.455. The molecule has 4 N–H and O–H groups in total. The summed E-state index contributed by atoms with van der Waals surface area (Å²) in [6.07, 6.45) is 6.06. The summed E-state index contributed by atoms with van der Waals surface area (Å²) >= 11 is 0. The van der Waals surface area contributed by atoms with Gasteiger partial charge >= 0.3 is 5.97 Å². The van der Waals surface area contributed by atoms with Crippen molar-refractivity contribution in [1.29, 1.82) is 5.41 Å². The van der Waals surface area contributed by atoms with Crippen LogP contribution in [0.15, 0.2) is 65.4 Å². The summed E-state index contributed by atoms with van der Waals surface area (Å²) in [5.41, 5.74) is 3.44. The smallest absolute Gasteiger partial charge is 0.335 e. The molecule has 0 atom stereocenters. The monoisotopic (exact) mass is 362 g/mol. The molecular formula is C20H18N4O3. The van der Waals surface area contributed by atoms with E-state index in [1.807, 2.05) is 31.2 Å². The minimum absolute atomic E-state index is 0.190. The van der Waals surface area contributed by atoms with Crippen molar-refractivity contribution < 1.29 is 14.3 Å². The lowest BCUT2D eigenvalue weighted by molar-refractivity contribution is 0.0697. The number of allylic oxidation sites excluding steroid dienone is 1. The molecule has 0 fully saturated rings. The largest absolute Gasteiger partial charge is 0.478 e. The molecule has 7 nitrogen and oxygen atoms in total. The van der Waals surface area contributed by atoms with Gasteiger partial charge < -0.3 is 25.6 Å². The summed E-state index contributed by atoms with van der Waals surface area (Å²) < 4.78 is 5.73. The van der Waals surface area contributed by atoms with E-state index in [0.29, 0.717) is 11.4 Å². The van der Waals surface area contributed by atoms with Crippen LogP contribution in [0.5, 0.6) is 0 Å². The fraction of sp³-hybridized carbons (Fsp3) is 0.0500. The van der Waals surface area contributed by atoms with Gasteiger partial charge in [-0.15, -0.1) is 0 Å². The molecule has 3 aromatic rings. The average molecular weight is 362 g/mol. The average Bonchev–Trinajstić information content (AvgIpc) is 3.13. The van der Waals surface area contributed by atoms with Gasteiger partial charge in [-0.1, -0.05) is 6.07 Å². The Morgan fingerprint density at radius 2 is 2.00 bits per heavy atom. The maximum Gasteiger partial charge on any atom is 0.335 e. The molecule has 0 unspecified atom stereocenters. The molecule has 0 aliphatic heterocycles. The van der Waals surface area contributed by atoms with Crippen LogP contribution in [-0.4, -0.2) is 22.3 Å². The lowest BCUT2D eigenvalue weighted by Gasteiger charge is -2.07. The standard InChI is InChI=1S/C20H18N4O3/c1-13-3-4-15(19(25)26)11-17(13)24-20-23-12-18(27-20)14-5-7-16(8-6-14)22-10-2-9-21/h2-12,21-22H,1H3,(H,23,24)(H,25,26)/b10-2-,21-9?.